The van der Waals surface area contributed by atoms with Gasteiger partial charge in [-0.15, -0.1) is 10.2 Å². The van der Waals surface area contributed by atoms with Crippen LogP contribution in [0.25, 0.3) is 6.08 Å². The largest absolute Gasteiger partial charge is 0.493 e. The molecule has 0 unspecified atom stereocenters. The van der Waals surface area contributed by atoms with E-state index in [1.54, 1.807) is 44.0 Å². The maximum Gasteiger partial charge on any atom is 0.244 e. The first-order valence-electron chi connectivity index (χ1n) is 11.3. The number of nitrogens with one attached hydrogen (secondary N) is 2. The zero-order chi connectivity index (χ0) is 26.2. The minimum Gasteiger partial charge on any atom is -0.493 e. The van der Waals surface area contributed by atoms with Gasteiger partial charge in [0.1, 0.15) is 0 Å². The van der Waals surface area contributed by atoms with Crippen LogP contribution in [0.1, 0.15) is 28.1 Å². The smallest absolute Gasteiger partial charge is 0.244 e. The SMILES string of the molecule is COc1ccc(C=CC(=O)NCc2nnc(SCC(=O)Nc3c(C)cc(C)cc3C)n2C)cc1OC. The van der Waals surface area contributed by atoms with Crippen molar-refractivity contribution in [3.63, 3.8) is 0 Å². The quantitative estimate of drug-likeness (QED) is 0.316. The minimum atomic E-state index is -0.273. The Balaban J connectivity index is 1.52. The van der Waals surface area contributed by atoms with Crippen molar-refractivity contribution >= 4 is 35.3 Å². The van der Waals surface area contributed by atoms with E-state index in [1.165, 1.54) is 17.8 Å². The Morgan fingerprint density at radius 3 is 2.39 bits per heavy atom. The summed E-state index contributed by atoms with van der Waals surface area (Å²) in [4.78, 5) is 24.8. The first-order chi connectivity index (χ1) is 17.2. The highest BCUT2D eigenvalue weighted by atomic mass is 32.2. The van der Waals surface area contributed by atoms with E-state index in [2.05, 4.69) is 20.8 Å². The lowest BCUT2D eigenvalue weighted by Crippen LogP contribution is -2.22. The molecule has 0 spiro atoms. The van der Waals surface area contributed by atoms with E-state index in [1.807, 2.05) is 39.0 Å². The predicted octanol–water partition coefficient (Wildman–Crippen LogP) is 3.82. The molecule has 1 aromatic heterocycles. The molecule has 0 atom stereocenters. The predicted molar refractivity (Wildman–Crippen MR) is 141 cm³/mol. The standard InChI is InChI=1S/C26H31N5O4S/c1-16-11-17(2)25(18(3)12-16)28-24(33)15-36-26-30-29-22(31(26)4)14-27-23(32)10-8-19-7-9-20(34-5)21(13-19)35-6/h7-13H,14-15H2,1-6H3,(H,27,32)(H,28,33). The summed E-state index contributed by atoms with van der Waals surface area (Å²) in [5.74, 6) is 1.59. The Kier molecular flexibility index (Phi) is 9.13. The van der Waals surface area contributed by atoms with Gasteiger partial charge in [-0.3, -0.25) is 9.59 Å². The van der Waals surface area contributed by atoms with E-state index >= 15 is 0 Å². The number of aryl methyl sites for hydroxylation is 3. The third kappa shape index (κ3) is 6.88. The molecule has 2 aromatic carbocycles. The number of hydrogen-bond acceptors (Lipinski definition) is 7. The summed E-state index contributed by atoms with van der Waals surface area (Å²) in [5, 5.41) is 14.7. The summed E-state index contributed by atoms with van der Waals surface area (Å²) >= 11 is 1.29. The van der Waals surface area contributed by atoms with Crippen LogP contribution in [0.3, 0.4) is 0 Å². The fourth-order valence-electron chi connectivity index (χ4n) is 3.66. The van der Waals surface area contributed by atoms with Gasteiger partial charge in [-0.2, -0.15) is 0 Å². The second kappa shape index (κ2) is 12.3. The van der Waals surface area contributed by atoms with Gasteiger partial charge in [0, 0.05) is 18.8 Å². The molecule has 0 radical (unpaired) electrons. The first-order valence-corrected chi connectivity index (χ1v) is 12.3. The number of hydrogen-bond donors (Lipinski definition) is 2. The van der Waals surface area contributed by atoms with Crippen LogP contribution in [-0.4, -0.2) is 46.6 Å². The van der Waals surface area contributed by atoms with Crippen LogP contribution in [0.4, 0.5) is 5.69 Å². The summed E-state index contributed by atoms with van der Waals surface area (Å²) in [6, 6.07) is 9.48. The van der Waals surface area contributed by atoms with Crippen LogP contribution in [0.5, 0.6) is 11.5 Å². The van der Waals surface area contributed by atoms with Crippen LogP contribution in [0.2, 0.25) is 0 Å². The molecule has 2 amide bonds. The van der Waals surface area contributed by atoms with Crippen molar-refractivity contribution in [3.05, 3.63) is 64.5 Å². The maximum absolute atomic E-state index is 12.5. The lowest BCUT2D eigenvalue weighted by molar-refractivity contribution is -0.116. The molecule has 3 rings (SSSR count). The number of carbonyl (C=O) groups excluding carboxylic acids is 2. The molecular formula is C26H31N5O4S. The molecule has 0 aliphatic heterocycles. The van der Waals surface area contributed by atoms with E-state index in [9.17, 15) is 9.59 Å². The van der Waals surface area contributed by atoms with Crippen molar-refractivity contribution in [2.24, 2.45) is 7.05 Å². The van der Waals surface area contributed by atoms with Crippen molar-refractivity contribution in [2.45, 2.75) is 32.5 Å². The molecule has 0 saturated heterocycles. The normalized spacial score (nSPS) is 10.9. The monoisotopic (exact) mass is 509 g/mol. The van der Waals surface area contributed by atoms with E-state index in [4.69, 9.17) is 9.47 Å². The summed E-state index contributed by atoms with van der Waals surface area (Å²) in [6.07, 6.45) is 3.12. The number of anilines is 1. The molecule has 10 heteroatoms. The van der Waals surface area contributed by atoms with Gasteiger partial charge in [0.15, 0.2) is 22.5 Å². The van der Waals surface area contributed by atoms with Gasteiger partial charge in [-0.25, -0.2) is 0 Å². The van der Waals surface area contributed by atoms with E-state index < -0.39 is 0 Å². The van der Waals surface area contributed by atoms with Gasteiger partial charge in [0.25, 0.3) is 0 Å². The molecule has 0 saturated carbocycles. The van der Waals surface area contributed by atoms with Gasteiger partial charge >= 0.3 is 0 Å². The topological polar surface area (TPSA) is 107 Å². The van der Waals surface area contributed by atoms with Gasteiger partial charge in [0.2, 0.25) is 11.8 Å². The average molecular weight is 510 g/mol. The third-order valence-electron chi connectivity index (χ3n) is 5.45. The molecule has 190 valence electrons. The fourth-order valence-corrected chi connectivity index (χ4v) is 4.39. The van der Waals surface area contributed by atoms with Crippen LogP contribution in [0.15, 0.2) is 41.6 Å². The molecule has 0 fully saturated rings. The number of nitrogens with zero attached hydrogens (tertiary/aromatic N) is 3. The van der Waals surface area contributed by atoms with Crippen LogP contribution < -0.4 is 20.1 Å². The molecule has 0 aliphatic carbocycles. The van der Waals surface area contributed by atoms with E-state index in [-0.39, 0.29) is 24.1 Å². The second-order valence-electron chi connectivity index (χ2n) is 8.23. The lowest BCUT2D eigenvalue weighted by atomic mass is 10.1. The van der Waals surface area contributed by atoms with Crippen molar-refractivity contribution in [3.8, 4) is 11.5 Å². The van der Waals surface area contributed by atoms with Gasteiger partial charge in [-0.05, 0) is 55.7 Å². The molecule has 3 aromatic rings. The minimum absolute atomic E-state index is 0.117. The molecular weight excluding hydrogens is 478 g/mol. The number of thioether (sulfide) groups is 1. The highest BCUT2D eigenvalue weighted by Gasteiger charge is 2.14. The molecule has 0 aliphatic rings. The van der Waals surface area contributed by atoms with Crippen molar-refractivity contribution in [1.29, 1.82) is 0 Å². The number of amides is 2. The first kappa shape index (κ1) is 26.8. The highest BCUT2D eigenvalue weighted by Crippen LogP contribution is 2.28. The summed E-state index contributed by atoms with van der Waals surface area (Å²) < 4.78 is 12.3. The van der Waals surface area contributed by atoms with Gasteiger partial charge < -0.3 is 24.7 Å². The maximum atomic E-state index is 12.5. The fraction of sp³-hybridized carbons (Fsp3) is 0.308. The van der Waals surface area contributed by atoms with Crippen molar-refractivity contribution in [2.75, 3.05) is 25.3 Å². The Labute approximate surface area is 215 Å². The number of aromatic nitrogens is 3. The van der Waals surface area contributed by atoms with Crippen LogP contribution in [0, 0.1) is 20.8 Å². The Morgan fingerprint density at radius 1 is 1.03 bits per heavy atom. The molecule has 36 heavy (non-hydrogen) atoms. The summed E-state index contributed by atoms with van der Waals surface area (Å²) in [7, 11) is 4.93. The average Bonchev–Trinajstić information content (AvgIpc) is 3.21. The number of rotatable bonds is 10. The second-order valence-corrected chi connectivity index (χ2v) is 9.18. The summed E-state index contributed by atoms with van der Waals surface area (Å²) in [6.45, 7) is 6.20. The number of carbonyl (C=O) groups is 2. The van der Waals surface area contributed by atoms with E-state index in [0.717, 1.165) is 27.9 Å². The van der Waals surface area contributed by atoms with Crippen molar-refractivity contribution < 1.29 is 19.1 Å². The Hall–Kier alpha value is -3.79. The number of methoxy groups -OCH3 is 2. The van der Waals surface area contributed by atoms with E-state index in [0.29, 0.717) is 22.5 Å². The zero-order valence-corrected chi connectivity index (χ0v) is 22.2. The summed E-state index contributed by atoms with van der Waals surface area (Å²) in [5.41, 5.74) is 4.86. The highest BCUT2D eigenvalue weighted by molar-refractivity contribution is 7.99. The molecule has 1 heterocycles. The Bertz CT molecular complexity index is 1260. The third-order valence-corrected chi connectivity index (χ3v) is 6.47. The zero-order valence-electron chi connectivity index (χ0n) is 21.3. The van der Waals surface area contributed by atoms with Crippen LogP contribution in [-0.2, 0) is 23.2 Å². The molecule has 2 N–H and O–H groups in total. The Morgan fingerprint density at radius 2 is 1.72 bits per heavy atom. The number of ether oxygens (including phenoxy) is 2. The van der Waals surface area contributed by atoms with Gasteiger partial charge in [-0.1, -0.05) is 35.5 Å². The van der Waals surface area contributed by atoms with Gasteiger partial charge in [0.05, 0.1) is 26.5 Å². The van der Waals surface area contributed by atoms with Crippen LogP contribution >= 0.6 is 11.8 Å². The molecule has 9 nitrogen and oxygen atoms in total. The molecule has 0 bridgehead atoms. The number of benzene rings is 2. The van der Waals surface area contributed by atoms with Crippen molar-refractivity contribution in [1.82, 2.24) is 20.1 Å². The lowest BCUT2D eigenvalue weighted by Gasteiger charge is -2.12.